The Morgan fingerprint density at radius 1 is 1.33 bits per heavy atom. The van der Waals surface area contributed by atoms with E-state index < -0.39 is 0 Å². The fourth-order valence-corrected chi connectivity index (χ4v) is 1.90. The van der Waals surface area contributed by atoms with Crippen LogP contribution in [0.1, 0.15) is 19.3 Å². The first kappa shape index (κ1) is 10.2. The summed E-state index contributed by atoms with van der Waals surface area (Å²) in [5.74, 6) is 0.516. The average Bonchev–Trinajstić information content (AvgIpc) is 2.28. The molecule has 2 rings (SSSR count). The predicted molar refractivity (Wildman–Crippen MR) is 61.4 cm³/mol. The van der Waals surface area contributed by atoms with E-state index in [1.165, 1.54) is 18.9 Å². The van der Waals surface area contributed by atoms with Crippen LogP contribution in [0.3, 0.4) is 0 Å². The first-order valence-corrected chi connectivity index (χ1v) is 5.49. The van der Waals surface area contributed by atoms with Gasteiger partial charge in [0.15, 0.2) is 0 Å². The topological polar surface area (TPSA) is 12.0 Å². The fourth-order valence-electron chi connectivity index (χ4n) is 1.90. The molecule has 0 aromatic heterocycles. The summed E-state index contributed by atoms with van der Waals surface area (Å²) < 4.78 is 12.9. The van der Waals surface area contributed by atoms with E-state index in [0.29, 0.717) is 5.92 Å². The van der Waals surface area contributed by atoms with Crippen LogP contribution in [0.25, 0.3) is 0 Å². The molecular formula is C13H16FN. The lowest BCUT2D eigenvalue weighted by Gasteiger charge is -2.18. The van der Waals surface area contributed by atoms with E-state index in [2.05, 4.69) is 17.5 Å². The maximum absolute atomic E-state index is 12.9. The Morgan fingerprint density at radius 3 is 3.00 bits per heavy atom. The number of hydrogen-bond donors (Lipinski definition) is 1. The lowest BCUT2D eigenvalue weighted by atomic mass is 9.94. The van der Waals surface area contributed by atoms with E-state index in [1.807, 2.05) is 6.07 Å². The molecule has 0 radical (unpaired) electrons. The van der Waals surface area contributed by atoms with E-state index in [-0.39, 0.29) is 5.82 Å². The van der Waals surface area contributed by atoms with Crippen LogP contribution in [0.15, 0.2) is 36.4 Å². The van der Waals surface area contributed by atoms with Crippen molar-refractivity contribution in [3.63, 3.8) is 0 Å². The van der Waals surface area contributed by atoms with E-state index in [0.717, 1.165) is 18.7 Å². The Balaban J connectivity index is 1.84. The van der Waals surface area contributed by atoms with Gasteiger partial charge < -0.3 is 5.32 Å². The fraction of sp³-hybridized carbons (Fsp3) is 0.385. The highest BCUT2D eigenvalue weighted by molar-refractivity contribution is 5.43. The molecular weight excluding hydrogens is 189 g/mol. The van der Waals surface area contributed by atoms with E-state index >= 15 is 0 Å². The van der Waals surface area contributed by atoms with Gasteiger partial charge in [-0.05, 0) is 43.4 Å². The summed E-state index contributed by atoms with van der Waals surface area (Å²) >= 11 is 0. The molecule has 2 heteroatoms. The predicted octanol–water partition coefficient (Wildman–Crippen LogP) is 3.59. The lowest BCUT2D eigenvalue weighted by molar-refractivity contribution is 0.504. The molecule has 1 N–H and O–H groups in total. The minimum atomic E-state index is -0.177. The van der Waals surface area contributed by atoms with Crippen LogP contribution in [0, 0.1) is 11.7 Å². The van der Waals surface area contributed by atoms with Gasteiger partial charge >= 0.3 is 0 Å². The van der Waals surface area contributed by atoms with Gasteiger partial charge in [0.25, 0.3) is 0 Å². The van der Waals surface area contributed by atoms with Crippen LogP contribution in [0.4, 0.5) is 10.1 Å². The SMILES string of the molecule is Fc1cccc(NC[C@H]2CC=CCC2)c1. The normalized spacial score (nSPS) is 20.2. The number of halogens is 1. The summed E-state index contributed by atoms with van der Waals surface area (Å²) in [7, 11) is 0. The molecule has 0 fully saturated rings. The summed E-state index contributed by atoms with van der Waals surface area (Å²) in [5, 5.41) is 3.28. The smallest absolute Gasteiger partial charge is 0.125 e. The second-order valence-corrected chi connectivity index (χ2v) is 4.04. The number of rotatable bonds is 3. The van der Waals surface area contributed by atoms with Crippen LogP contribution < -0.4 is 5.32 Å². The standard InChI is InChI=1S/C13H16FN/c14-12-7-4-8-13(9-12)15-10-11-5-2-1-3-6-11/h1-2,4,7-9,11,15H,3,5-6,10H2/t11-/m0/s1. The molecule has 0 spiro atoms. The average molecular weight is 205 g/mol. The highest BCUT2D eigenvalue weighted by atomic mass is 19.1. The van der Waals surface area contributed by atoms with Crippen molar-refractivity contribution in [2.24, 2.45) is 5.92 Å². The zero-order valence-corrected chi connectivity index (χ0v) is 8.75. The summed E-state index contributed by atoms with van der Waals surface area (Å²) in [4.78, 5) is 0. The number of hydrogen-bond acceptors (Lipinski definition) is 1. The van der Waals surface area contributed by atoms with Gasteiger partial charge in [0.2, 0.25) is 0 Å². The minimum absolute atomic E-state index is 0.177. The first-order valence-electron chi connectivity index (χ1n) is 5.49. The summed E-state index contributed by atoms with van der Waals surface area (Å²) in [6.45, 7) is 0.938. The molecule has 1 aromatic carbocycles. The Hall–Kier alpha value is -1.31. The van der Waals surface area contributed by atoms with Gasteiger partial charge in [-0.1, -0.05) is 18.2 Å². The van der Waals surface area contributed by atoms with Crippen molar-refractivity contribution in [1.29, 1.82) is 0 Å². The number of anilines is 1. The van der Waals surface area contributed by atoms with E-state index in [1.54, 1.807) is 12.1 Å². The van der Waals surface area contributed by atoms with Gasteiger partial charge in [-0.2, -0.15) is 0 Å². The Bertz CT molecular complexity index is 346. The summed E-state index contributed by atoms with van der Waals surface area (Å²) in [6, 6.07) is 6.65. The minimum Gasteiger partial charge on any atom is -0.385 e. The van der Waals surface area contributed by atoms with Gasteiger partial charge in [0.1, 0.15) is 5.82 Å². The third kappa shape index (κ3) is 3.08. The lowest BCUT2D eigenvalue weighted by Crippen LogP contribution is -2.15. The van der Waals surface area contributed by atoms with Crippen molar-refractivity contribution in [1.82, 2.24) is 0 Å². The molecule has 0 saturated heterocycles. The largest absolute Gasteiger partial charge is 0.385 e. The molecule has 80 valence electrons. The maximum atomic E-state index is 12.9. The molecule has 0 aliphatic heterocycles. The molecule has 0 unspecified atom stereocenters. The molecule has 15 heavy (non-hydrogen) atoms. The zero-order chi connectivity index (χ0) is 10.5. The molecule has 0 saturated carbocycles. The second-order valence-electron chi connectivity index (χ2n) is 4.04. The highest BCUT2D eigenvalue weighted by Gasteiger charge is 2.09. The van der Waals surface area contributed by atoms with Crippen molar-refractivity contribution >= 4 is 5.69 Å². The molecule has 0 bridgehead atoms. The van der Waals surface area contributed by atoms with E-state index in [9.17, 15) is 4.39 Å². The summed E-state index contributed by atoms with van der Waals surface area (Å²) in [6.07, 6.45) is 8.02. The van der Waals surface area contributed by atoms with Crippen LogP contribution >= 0.6 is 0 Å². The third-order valence-corrected chi connectivity index (χ3v) is 2.80. The van der Waals surface area contributed by atoms with Gasteiger partial charge in [0.05, 0.1) is 0 Å². The third-order valence-electron chi connectivity index (χ3n) is 2.80. The van der Waals surface area contributed by atoms with E-state index in [4.69, 9.17) is 0 Å². The van der Waals surface area contributed by atoms with Crippen molar-refractivity contribution in [3.8, 4) is 0 Å². The second kappa shape index (κ2) is 4.96. The Kier molecular flexibility index (Phi) is 3.38. The van der Waals surface area contributed by atoms with Crippen molar-refractivity contribution in [3.05, 3.63) is 42.2 Å². The van der Waals surface area contributed by atoms with Crippen LogP contribution in [0.2, 0.25) is 0 Å². The van der Waals surface area contributed by atoms with Gasteiger partial charge in [-0.3, -0.25) is 0 Å². The van der Waals surface area contributed by atoms with Gasteiger partial charge in [-0.15, -0.1) is 0 Å². The Labute approximate surface area is 90.0 Å². The molecule has 0 heterocycles. The first-order chi connectivity index (χ1) is 7.34. The number of nitrogens with one attached hydrogen (secondary N) is 1. The monoisotopic (exact) mass is 205 g/mol. The van der Waals surface area contributed by atoms with Crippen molar-refractivity contribution in [2.45, 2.75) is 19.3 Å². The number of allylic oxidation sites excluding steroid dienone is 2. The van der Waals surface area contributed by atoms with Crippen molar-refractivity contribution < 1.29 is 4.39 Å². The zero-order valence-electron chi connectivity index (χ0n) is 8.75. The van der Waals surface area contributed by atoms with Crippen LogP contribution in [-0.4, -0.2) is 6.54 Å². The molecule has 1 nitrogen and oxygen atoms in total. The van der Waals surface area contributed by atoms with Crippen molar-refractivity contribution in [2.75, 3.05) is 11.9 Å². The summed E-state index contributed by atoms with van der Waals surface area (Å²) in [5.41, 5.74) is 0.879. The van der Waals surface area contributed by atoms with Gasteiger partial charge in [-0.25, -0.2) is 4.39 Å². The van der Waals surface area contributed by atoms with Crippen LogP contribution in [0.5, 0.6) is 0 Å². The molecule has 1 atom stereocenters. The Morgan fingerprint density at radius 2 is 2.27 bits per heavy atom. The molecule has 1 aliphatic rings. The maximum Gasteiger partial charge on any atom is 0.125 e. The molecule has 1 aromatic rings. The quantitative estimate of drug-likeness (QED) is 0.743. The highest BCUT2D eigenvalue weighted by Crippen LogP contribution is 2.19. The number of benzene rings is 1. The van der Waals surface area contributed by atoms with Crippen LogP contribution in [-0.2, 0) is 0 Å². The van der Waals surface area contributed by atoms with Gasteiger partial charge in [0, 0.05) is 12.2 Å². The molecule has 1 aliphatic carbocycles. The molecule has 0 amide bonds.